The molecule has 1 saturated heterocycles. The Hall–Kier alpha value is -1.06. The Kier molecular flexibility index (Phi) is 2.83. The van der Waals surface area contributed by atoms with E-state index in [1.807, 2.05) is 18.2 Å². The van der Waals surface area contributed by atoms with Crippen LogP contribution in [0.15, 0.2) is 18.2 Å². The maximum Gasteiger partial charge on any atom is 0.117 e. The molecule has 2 aromatic rings. The van der Waals surface area contributed by atoms with Crippen LogP contribution in [0.25, 0.3) is 11.0 Å². The molecule has 0 radical (unpaired) electrons. The van der Waals surface area contributed by atoms with Crippen LogP contribution in [0, 0.1) is 0 Å². The van der Waals surface area contributed by atoms with Gasteiger partial charge in [-0.3, -0.25) is 0 Å². The number of benzene rings is 1. The van der Waals surface area contributed by atoms with Crippen LogP contribution in [-0.2, 0) is 12.5 Å². The minimum absolute atomic E-state index is 0.181. The lowest BCUT2D eigenvalue weighted by Crippen LogP contribution is -2.31. The van der Waals surface area contributed by atoms with E-state index in [0.29, 0.717) is 0 Å². The summed E-state index contributed by atoms with van der Waals surface area (Å²) in [4.78, 5) is 4.84. The number of aromatic nitrogens is 2. The molecule has 3 nitrogen and oxygen atoms in total. The third kappa shape index (κ3) is 1.65. The van der Waals surface area contributed by atoms with Crippen molar-refractivity contribution in [2.75, 3.05) is 13.1 Å². The molecule has 96 valence electrons. The average Bonchev–Trinajstić information content (AvgIpc) is 2.96. The summed E-state index contributed by atoms with van der Waals surface area (Å²) in [6.45, 7) is 4.35. The molecule has 1 unspecified atom stereocenters. The molecule has 1 aromatic heterocycles. The minimum Gasteiger partial charge on any atom is -0.331 e. The Morgan fingerprint density at radius 1 is 1.50 bits per heavy atom. The van der Waals surface area contributed by atoms with E-state index in [1.54, 1.807) is 0 Å². The van der Waals surface area contributed by atoms with E-state index in [1.165, 1.54) is 5.82 Å². The molecule has 0 saturated carbocycles. The van der Waals surface area contributed by atoms with Gasteiger partial charge in [-0.15, -0.1) is 0 Å². The molecule has 4 heteroatoms. The minimum atomic E-state index is 0.181. The number of hydrogen-bond donors (Lipinski definition) is 1. The molecule has 3 rings (SSSR count). The van der Waals surface area contributed by atoms with Gasteiger partial charge in [0.1, 0.15) is 5.82 Å². The highest BCUT2D eigenvalue weighted by Crippen LogP contribution is 2.35. The summed E-state index contributed by atoms with van der Waals surface area (Å²) in [6.07, 6.45) is 2.28. The van der Waals surface area contributed by atoms with Crippen LogP contribution in [0.4, 0.5) is 0 Å². The lowest BCUT2D eigenvalue weighted by molar-refractivity contribution is 0.415. The number of imidazole rings is 1. The van der Waals surface area contributed by atoms with Crippen molar-refractivity contribution >= 4 is 22.6 Å². The SMILES string of the molecule is CCC1(c2nc3ccc(Cl)cc3n2C)CCNC1. The van der Waals surface area contributed by atoms with Crippen molar-refractivity contribution in [3.05, 3.63) is 29.0 Å². The lowest BCUT2D eigenvalue weighted by Gasteiger charge is -2.25. The molecule has 0 spiro atoms. The van der Waals surface area contributed by atoms with Crippen LogP contribution in [0.2, 0.25) is 5.02 Å². The van der Waals surface area contributed by atoms with Gasteiger partial charge in [0.15, 0.2) is 0 Å². The Bertz CT molecular complexity index is 582. The summed E-state index contributed by atoms with van der Waals surface area (Å²) in [7, 11) is 2.09. The molecule has 1 aromatic carbocycles. The van der Waals surface area contributed by atoms with E-state index in [4.69, 9.17) is 16.6 Å². The number of aryl methyl sites for hydroxylation is 1. The fourth-order valence-corrected chi connectivity index (χ4v) is 3.20. The highest BCUT2D eigenvalue weighted by Gasteiger charge is 2.37. The van der Waals surface area contributed by atoms with Crippen LogP contribution >= 0.6 is 11.6 Å². The van der Waals surface area contributed by atoms with E-state index in [2.05, 4.69) is 23.9 Å². The molecule has 0 aliphatic carbocycles. The molecular weight excluding hydrogens is 246 g/mol. The Labute approximate surface area is 112 Å². The van der Waals surface area contributed by atoms with Gasteiger partial charge in [0.25, 0.3) is 0 Å². The predicted molar refractivity (Wildman–Crippen MR) is 75.2 cm³/mol. The second-order valence-corrected chi connectivity index (χ2v) is 5.62. The van der Waals surface area contributed by atoms with Gasteiger partial charge in [0.05, 0.1) is 11.0 Å². The fourth-order valence-electron chi connectivity index (χ4n) is 3.03. The van der Waals surface area contributed by atoms with Crippen LogP contribution in [-0.4, -0.2) is 22.6 Å². The summed E-state index contributed by atoms with van der Waals surface area (Å²) in [5, 5.41) is 4.24. The first-order valence-electron chi connectivity index (χ1n) is 6.49. The van der Waals surface area contributed by atoms with E-state index < -0.39 is 0 Å². The number of hydrogen-bond acceptors (Lipinski definition) is 2. The number of halogens is 1. The van der Waals surface area contributed by atoms with E-state index >= 15 is 0 Å². The first-order chi connectivity index (χ1) is 8.66. The topological polar surface area (TPSA) is 29.9 Å². The normalized spacial score (nSPS) is 23.9. The summed E-state index contributed by atoms with van der Waals surface area (Å²) >= 11 is 6.07. The third-order valence-electron chi connectivity index (χ3n) is 4.24. The van der Waals surface area contributed by atoms with E-state index in [0.717, 1.165) is 42.0 Å². The largest absolute Gasteiger partial charge is 0.331 e. The standard InChI is InChI=1S/C14H18ClN3/c1-3-14(6-7-16-9-14)13-17-11-5-4-10(15)8-12(11)18(13)2/h4-5,8,16H,3,6-7,9H2,1-2H3. The zero-order valence-electron chi connectivity index (χ0n) is 10.8. The molecule has 1 fully saturated rings. The fraction of sp³-hybridized carbons (Fsp3) is 0.500. The quantitative estimate of drug-likeness (QED) is 0.903. The van der Waals surface area contributed by atoms with Crippen molar-refractivity contribution < 1.29 is 0 Å². The number of rotatable bonds is 2. The van der Waals surface area contributed by atoms with Crippen molar-refractivity contribution in [3.63, 3.8) is 0 Å². The van der Waals surface area contributed by atoms with Gasteiger partial charge in [-0.2, -0.15) is 0 Å². The van der Waals surface area contributed by atoms with Crippen molar-refractivity contribution in [3.8, 4) is 0 Å². The number of nitrogens with one attached hydrogen (secondary N) is 1. The van der Waals surface area contributed by atoms with Crippen LogP contribution in [0.1, 0.15) is 25.6 Å². The lowest BCUT2D eigenvalue weighted by atomic mass is 9.83. The Morgan fingerprint density at radius 3 is 3.00 bits per heavy atom. The molecule has 1 aliphatic rings. The summed E-state index contributed by atoms with van der Waals surface area (Å²) in [5.41, 5.74) is 2.34. The van der Waals surface area contributed by atoms with Crippen molar-refractivity contribution in [2.24, 2.45) is 7.05 Å². The van der Waals surface area contributed by atoms with Gasteiger partial charge in [-0.05, 0) is 37.6 Å². The molecule has 0 bridgehead atoms. The van der Waals surface area contributed by atoms with Crippen LogP contribution in [0.3, 0.4) is 0 Å². The first-order valence-corrected chi connectivity index (χ1v) is 6.87. The van der Waals surface area contributed by atoms with Crippen molar-refractivity contribution in [1.82, 2.24) is 14.9 Å². The molecule has 2 heterocycles. The highest BCUT2D eigenvalue weighted by atomic mass is 35.5. The van der Waals surface area contributed by atoms with Crippen LogP contribution in [0.5, 0.6) is 0 Å². The molecule has 0 amide bonds. The maximum absolute atomic E-state index is 6.07. The van der Waals surface area contributed by atoms with E-state index in [9.17, 15) is 0 Å². The van der Waals surface area contributed by atoms with Crippen LogP contribution < -0.4 is 5.32 Å². The summed E-state index contributed by atoms with van der Waals surface area (Å²) < 4.78 is 2.21. The zero-order chi connectivity index (χ0) is 12.8. The second kappa shape index (κ2) is 4.25. The maximum atomic E-state index is 6.07. The Balaban J connectivity index is 2.20. The smallest absolute Gasteiger partial charge is 0.117 e. The van der Waals surface area contributed by atoms with Crippen molar-refractivity contribution in [2.45, 2.75) is 25.2 Å². The number of nitrogens with zero attached hydrogens (tertiary/aromatic N) is 2. The molecule has 1 atom stereocenters. The van der Waals surface area contributed by atoms with E-state index in [-0.39, 0.29) is 5.41 Å². The molecule has 1 aliphatic heterocycles. The predicted octanol–water partition coefficient (Wildman–Crippen LogP) is 2.87. The van der Waals surface area contributed by atoms with Gasteiger partial charge >= 0.3 is 0 Å². The highest BCUT2D eigenvalue weighted by molar-refractivity contribution is 6.31. The summed E-state index contributed by atoms with van der Waals surface area (Å²) in [6, 6.07) is 5.91. The molecule has 18 heavy (non-hydrogen) atoms. The number of fused-ring (bicyclic) bond motifs is 1. The Morgan fingerprint density at radius 2 is 2.33 bits per heavy atom. The zero-order valence-corrected chi connectivity index (χ0v) is 11.6. The van der Waals surface area contributed by atoms with Gasteiger partial charge in [0.2, 0.25) is 0 Å². The molecule has 1 N–H and O–H groups in total. The third-order valence-corrected chi connectivity index (χ3v) is 4.47. The molecular formula is C14H18ClN3. The average molecular weight is 264 g/mol. The second-order valence-electron chi connectivity index (χ2n) is 5.19. The van der Waals surface area contributed by atoms with Gasteiger partial charge in [0, 0.05) is 24.0 Å². The van der Waals surface area contributed by atoms with Crippen molar-refractivity contribution in [1.29, 1.82) is 0 Å². The summed E-state index contributed by atoms with van der Waals surface area (Å²) in [5.74, 6) is 1.19. The van der Waals surface area contributed by atoms with Gasteiger partial charge < -0.3 is 9.88 Å². The van der Waals surface area contributed by atoms with Gasteiger partial charge in [-0.1, -0.05) is 18.5 Å². The first kappa shape index (κ1) is 12.0. The van der Waals surface area contributed by atoms with Gasteiger partial charge in [-0.25, -0.2) is 4.98 Å². The monoisotopic (exact) mass is 263 g/mol.